The van der Waals surface area contributed by atoms with Gasteiger partial charge < -0.3 is 19.4 Å². The zero-order chi connectivity index (χ0) is 26.3. The topological polar surface area (TPSA) is 95.2 Å². The van der Waals surface area contributed by atoms with E-state index in [-0.39, 0.29) is 27.8 Å². The van der Waals surface area contributed by atoms with Gasteiger partial charge in [0, 0.05) is 47.8 Å². The number of nitrogens with one attached hydrogen (secondary N) is 2. The number of aromatic nitrogens is 2. The van der Waals surface area contributed by atoms with Crippen molar-refractivity contribution in [2.75, 3.05) is 4.72 Å². The molecule has 2 aromatic rings. The van der Waals surface area contributed by atoms with Crippen LogP contribution in [0.3, 0.4) is 0 Å². The van der Waals surface area contributed by atoms with Crippen LogP contribution in [0, 0.1) is 17.7 Å². The smallest absolute Gasteiger partial charge is 0.540 e. The van der Waals surface area contributed by atoms with Gasteiger partial charge in [-0.15, -0.1) is 18.2 Å². The molecule has 1 aromatic heterocycles. The number of H-pyrrole nitrogens is 1. The van der Waals surface area contributed by atoms with Gasteiger partial charge in [0.2, 0.25) is 0 Å². The monoisotopic (exact) mass is 574 g/mol. The Kier molecular flexibility index (Phi) is 10.6. The average molecular weight is 574 g/mol. The molecule has 37 heavy (non-hydrogen) atoms. The van der Waals surface area contributed by atoms with Crippen LogP contribution < -0.4 is 4.72 Å². The fourth-order valence-electron chi connectivity index (χ4n) is 3.33. The SMILES string of the molecule is O=S(=O)(Nc1ccc(F)[c-]c1F)C(F)(F)F.O=[C-][C@H](Cc1cnc[nH]1)N(C1=CC=CC1)C1=CC=CC1.[Ti+2]. The first-order valence-electron chi connectivity index (χ1n) is 10.3. The molecule has 2 aliphatic carbocycles. The standard InChI is InChI=1S/C16H16N3O.C7H3F5NO2S.Ti/c20-11-16(9-13-10-17-12-18-13)19(14-5-1-2-6-14)15-7-3-4-8-15;8-4-1-2-6(5(9)3-4)13-16(14,15)7(10,11)12;/h1-5,7,10,12,16H,6,8-9H2,(H,17,18);1-2,13H;/q2*-1;+2/t16-;;/m0../s1. The predicted octanol–water partition coefficient (Wildman–Crippen LogP) is 4.44. The van der Waals surface area contributed by atoms with Crippen LogP contribution in [0.2, 0.25) is 0 Å². The van der Waals surface area contributed by atoms with Crippen LogP contribution in [0.25, 0.3) is 0 Å². The number of nitrogens with zero attached hydrogens (tertiary/aromatic N) is 2. The minimum Gasteiger partial charge on any atom is -0.540 e. The fraction of sp³-hybridized carbons (Fsp3) is 0.217. The number of sulfonamides is 1. The number of hydrogen-bond donors (Lipinski definition) is 2. The van der Waals surface area contributed by atoms with Gasteiger partial charge in [0.15, 0.2) is 0 Å². The molecule has 2 N–H and O–H groups in total. The van der Waals surface area contributed by atoms with Crippen LogP contribution in [-0.2, 0) is 43.0 Å². The van der Waals surface area contributed by atoms with E-state index < -0.39 is 32.9 Å². The van der Waals surface area contributed by atoms with Crippen molar-refractivity contribution in [3.05, 3.63) is 95.9 Å². The van der Waals surface area contributed by atoms with Crippen LogP contribution in [0.15, 0.2) is 72.5 Å². The third kappa shape index (κ3) is 7.98. The number of benzene rings is 1. The first kappa shape index (κ1) is 30.2. The van der Waals surface area contributed by atoms with Gasteiger partial charge in [-0.3, -0.25) is 0 Å². The fourth-order valence-corrected chi connectivity index (χ4v) is 3.89. The van der Waals surface area contributed by atoms with Crippen molar-refractivity contribution in [1.29, 1.82) is 0 Å². The number of allylic oxidation sites excluding steroid dienone is 6. The molecular formula is C23H19F5N4O3STi. The minimum absolute atomic E-state index is 0. The molecule has 0 saturated heterocycles. The van der Waals surface area contributed by atoms with E-state index >= 15 is 0 Å². The van der Waals surface area contributed by atoms with Crippen molar-refractivity contribution in [2.24, 2.45) is 0 Å². The van der Waals surface area contributed by atoms with E-state index in [1.807, 2.05) is 12.2 Å². The summed E-state index contributed by atoms with van der Waals surface area (Å²) in [6.07, 6.45) is 20.3. The van der Waals surface area contributed by atoms with Gasteiger partial charge in [0.1, 0.15) is 0 Å². The molecule has 1 atom stereocenters. The van der Waals surface area contributed by atoms with Crippen molar-refractivity contribution in [3.63, 3.8) is 0 Å². The minimum atomic E-state index is -5.72. The number of carbonyl (C=O) groups excluding carboxylic acids is 1. The van der Waals surface area contributed by atoms with Gasteiger partial charge in [0.05, 0.1) is 6.33 Å². The van der Waals surface area contributed by atoms with E-state index in [1.165, 1.54) is 6.07 Å². The molecule has 0 spiro atoms. The van der Waals surface area contributed by atoms with Crippen LogP contribution in [0.1, 0.15) is 18.5 Å². The van der Waals surface area contributed by atoms with Gasteiger partial charge in [-0.05, 0) is 24.3 Å². The Morgan fingerprint density at radius 3 is 2.19 bits per heavy atom. The van der Waals surface area contributed by atoms with Crippen molar-refractivity contribution in [2.45, 2.75) is 30.8 Å². The number of alkyl halides is 3. The van der Waals surface area contributed by atoms with Crippen LogP contribution in [0.5, 0.6) is 0 Å². The Morgan fingerprint density at radius 2 is 1.76 bits per heavy atom. The van der Waals surface area contributed by atoms with Crippen LogP contribution in [-0.4, -0.2) is 41.1 Å². The quantitative estimate of drug-likeness (QED) is 0.276. The summed E-state index contributed by atoms with van der Waals surface area (Å²) in [4.78, 5) is 20.7. The molecule has 0 bridgehead atoms. The van der Waals surface area contributed by atoms with Gasteiger partial charge >= 0.3 is 37.2 Å². The number of rotatable bonds is 8. The number of halogens is 5. The Bertz CT molecular complexity index is 1280. The van der Waals surface area contributed by atoms with Crippen molar-refractivity contribution >= 4 is 22.0 Å². The summed E-state index contributed by atoms with van der Waals surface area (Å²) in [5.74, 6) is -2.72. The van der Waals surface area contributed by atoms with Crippen LogP contribution in [0.4, 0.5) is 27.6 Å². The normalized spacial score (nSPS) is 15.2. The summed E-state index contributed by atoms with van der Waals surface area (Å²) in [6, 6.07) is 2.14. The molecule has 1 heterocycles. The maximum atomic E-state index is 12.8. The molecule has 0 aliphatic heterocycles. The first-order valence-corrected chi connectivity index (χ1v) is 11.8. The summed E-state index contributed by atoms with van der Waals surface area (Å²) >= 11 is 0. The van der Waals surface area contributed by atoms with E-state index in [0.29, 0.717) is 18.6 Å². The van der Waals surface area contributed by atoms with Gasteiger partial charge in [-0.1, -0.05) is 30.3 Å². The largest absolute Gasteiger partial charge is 2.00 e. The summed E-state index contributed by atoms with van der Waals surface area (Å²) < 4.78 is 82.7. The third-order valence-corrected chi connectivity index (χ3v) is 6.05. The predicted molar refractivity (Wildman–Crippen MR) is 121 cm³/mol. The molecule has 1 aromatic carbocycles. The zero-order valence-electron chi connectivity index (χ0n) is 18.9. The van der Waals surface area contributed by atoms with E-state index in [0.717, 1.165) is 34.7 Å². The molecule has 7 nitrogen and oxygen atoms in total. The summed E-state index contributed by atoms with van der Waals surface area (Å²) in [7, 11) is -5.72. The number of aromatic amines is 1. The van der Waals surface area contributed by atoms with Gasteiger partial charge in [-0.25, -0.2) is 20.1 Å². The Balaban J connectivity index is 0.000000260. The molecule has 0 saturated carbocycles. The van der Waals surface area contributed by atoms with E-state index in [9.17, 15) is 35.2 Å². The van der Waals surface area contributed by atoms with Gasteiger partial charge in [-0.2, -0.15) is 21.6 Å². The Labute approximate surface area is 224 Å². The number of hydrogen-bond acceptors (Lipinski definition) is 5. The molecule has 0 radical (unpaired) electrons. The first-order chi connectivity index (χ1) is 17.0. The summed E-state index contributed by atoms with van der Waals surface area (Å²) in [6.45, 7) is 0. The maximum absolute atomic E-state index is 12.8. The molecule has 0 amide bonds. The second kappa shape index (κ2) is 13.0. The molecule has 4 rings (SSSR count). The summed E-state index contributed by atoms with van der Waals surface area (Å²) in [5.41, 5.74) is -3.37. The molecule has 0 unspecified atom stereocenters. The Hall–Kier alpha value is -3.03. The number of imidazole rings is 1. The number of anilines is 1. The van der Waals surface area contributed by atoms with Crippen molar-refractivity contribution in [1.82, 2.24) is 14.9 Å². The Morgan fingerprint density at radius 1 is 1.14 bits per heavy atom. The second-order valence-corrected chi connectivity index (χ2v) is 9.12. The summed E-state index contributed by atoms with van der Waals surface area (Å²) in [5, 5.41) is 0. The molecular weight excluding hydrogens is 555 g/mol. The second-order valence-electron chi connectivity index (χ2n) is 7.45. The van der Waals surface area contributed by atoms with E-state index in [4.69, 9.17) is 0 Å². The van der Waals surface area contributed by atoms with Crippen molar-refractivity contribution in [3.8, 4) is 0 Å². The van der Waals surface area contributed by atoms with E-state index in [2.05, 4.69) is 45.5 Å². The maximum Gasteiger partial charge on any atom is 2.00 e. The third-order valence-electron chi connectivity index (χ3n) is 4.95. The molecule has 2 aliphatic rings. The zero-order valence-corrected chi connectivity index (χ0v) is 21.3. The van der Waals surface area contributed by atoms with E-state index in [1.54, 1.807) is 12.5 Å². The average Bonchev–Trinajstić information content (AvgIpc) is 3.59. The molecule has 0 fully saturated rings. The van der Waals surface area contributed by atoms with Crippen molar-refractivity contribution < 1.29 is 56.9 Å². The molecule has 14 heteroatoms. The van der Waals surface area contributed by atoms with Crippen LogP contribution >= 0.6 is 0 Å². The van der Waals surface area contributed by atoms with Gasteiger partial charge in [0.25, 0.3) is 0 Å². The molecule has 194 valence electrons.